The maximum Gasteiger partial charge on any atom is 0.228 e. The highest BCUT2D eigenvalue weighted by atomic mass is 35.5. The maximum atomic E-state index is 11.7. The van der Waals surface area contributed by atoms with Crippen LogP contribution in [0.15, 0.2) is 30.5 Å². The van der Waals surface area contributed by atoms with Crippen LogP contribution in [0.5, 0.6) is 5.75 Å². The topological polar surface area (TPSA) is 67.0 Å². The molecule has 1 amide bonds. The van der Waals surface area contributed by atoms with Crippen LogP contribution >= 0.6 is 11.6 Å². The van der Waals surface area contributed by atoms with E-state index in [0.717, 1.165) is 5.56 Å². The van der Waals surface area contributed by atoms with Gasteiger partial charge < -0.3 is 10.1 Å². The number of anilines is 1. The lowest BCUT2D eigenvalue weighted by molar-refractivity contribution is -0.116. The van der Waals surface area contributed by atoms with Gasteiger partial charge in [0.1, 0.15) is 11.6 Å². The molecule has 1 aromatic heterocycles. The summed E-state index contributed by atoms with van der Waals surface area (Å²) in [6.45, 7) is 2.13. The highest BCUT2D eigenvalue weighted by Crippen LogP contribution is 2.23. The molecular weight excluding hydrogens is 266 g/mol. The number of hydrogen-bond acceptors (Lipinski definition) is 3. The predicted octanol–water partition coefficient (Wildman–Crippen LogP) is 2.78. The van der Waals surface area contributed by atoms with E-state index in [-0.39, 0.29) is 18.9 Å². The number of nitrogens with zero attached hydrogens (tertiary/aromatic N) is 1. The number of benzene rings is 1. The number of H-pyrrole nitrogens is 1. The largest absolute Gasteiger partial charge is 0.491 e. The number of hydrogen-bond donors (Lipinski definition) is 2. The first-order valence-electron chi connectivity index (χ1n) is 5.84. The van der Waals surface area contributed by atoms with Gasteiger partial charge in [-0.15, -0.1) is 0 Å². The molecule has 1 heterocycles. The molecule has 0 aliphatic heterocycles. The number of amides is 1. The zero-order valence-electron chi connectivity index (χ0n) is 10.4. The Hall–Kier alpha value is -2.01. The second-order valence-electron chi connectivity index (χ2n) is 4.01. The van der Waals surface area contributed by atoms with Crippen LogP contribution in [0.3, 0.4) is 0 Å². The van der Waals surface area contributed by atoms with Gasteiger partial charge in [-0.1, -0.05) is 23.7 Å². The van der Waals surface area contributed by atoms with Crippen LogP contribution < -0.4 is 10.1 Å². The number of para-hydroxylation sites is 1. The number of aryl methyl sites for hydroxylation is 1. The third-order valence-corrected chi connectivity index (χ3v) is 2.83. The van der Waals surface area contributed by atoms with E-state index < -0.39 is 0 Å². The molecule has 0 saturated heterocycles. The number of carbonyl (C=O) groups excluding carboxylic acids is 1. The average molecular weight is 280 g/mol. The molecule has 6 heteroatoms. The number of rotatable bonds is 5. The van der Waals surface area contributed by atoms with Crippen LogP contribution in [0.2, 0.25) is 5.02 Å². The Kier molecular flexibility index (Phi) is 4.41. The van der Waals surface area contributed by atoms with Crippen LogP contribution in [0, 0.1) is 6.92 Å². The Morgan fingerprint density at radius 3 is 2.95 bits per heavy atom. The van der Waals surface area contributed by atoms with Gasteiger partial charge in [0.2, 0.25) is 5.91 Å². The van der Waals surface area contributed by atoms with Crippen molar-refractivity contribution in [2.75, 3.05) is 11.9 Å². The molecule has 19 heavy (non-hydrogen) atoms. The minimum absolute atomic E-state index is 0.139. The summed E-state index contributed by atoms with van der Waals surface area (Å²) in [5, 5.41) is 9.79. The zero-order chi connectivity index (χ0) is 13.7. The van der Waals surface area contributed by atoms with E-state index in [1.807, 2.05) is 19.1 Å². The smallest absolute Gasteiger partial charge is 0.228 e. The number of aromatic nitrogens is 2. The van der Waals surface area contributed by atoms with Gasteiger partial charge in [-0.3, -0.25) is 9.89 Å². The SMILES string of the molecule is Cc1cn[nH]c1NC(=O)CCOc1ccccc1Cl. The number of nitrogens with one attached hydrogen (secondary N) is 2. The summed E-state index contributed by atoms with van der Waals surface area (Å²) in [5.41, 5.74) is 0.889. The monoisotopic (exact) mass is 279 g/mol. The van der Waals surface area contributed by atoms with Crippen molar-refractivity contribution in [1.82, 2.24) is 10.2 Å². The summed E-state index contributed by atoms with van der Waals surface area (Å²) in [7, 11) is 0. The molecule has 0 fully saturated rings. The summed E-state index contributed by atoms with van der Waals surface area (Å²) in [4.78, 5) is 11.7. The lowest BCUT2D eigenvalue weighted by atomic mass is 10.3. The summed E-state index contributed by atoms with van der Waals surface area (Å²) in [5.74, 6) is 1.05. The lowest BCUT2D eigenvalue weighted by Crippen LogP contribution is -2.16. The molecule has 0 atom stereocenters. The van der Waals surface area contributed by atoms with Crippen molar-refractivity contribution in [3.63, 3.8) is 0 Å². The van der Waals surface area contributed by atoms with Gasteiger partial charge >= 0.3 is 0 Å². The Bertz CT molecular complexity index is 569. The first-order valence-corrected chi connectivity index (χ1v) is 6.22. The van der Waals surface area contributed by atoms with Crippen molar-refractivity contribution >= 4 is 23.3 Å². The molecule has 0 aliphatic rings. The number of ether oxygens (including phenoxy) is 1. The van der Waals surface area contributed by atoms with Crippen LogP contribution in [-0.2, 0) is 4.79 Å². The van der Waals surface area contributed by atoms with E-state index in [0.29, 0.717) is 16.6 Å². The van der Waals surface area contributed by atoms with Gasteiger partial charge in [0.05, 0.1) is 24.2 Å². The average Bonchev–Trinajstić information content (AvgIpc) is 2.77. The fourth-order valence-corrected chi connectivity index (χ4v) is 1.68. The van der Waals surface area contributed by atoms with Gasteiger partial charge in [0.25, 0.3) is 0 Å². The van der Waals surface area contributed by atoms with Crippen molar-refractivity contribution in [2.24, 2.45) is 0 Å². The van der Waals surface area contributed by atoms with Gasteiger partial charge in [0, 0.05) is 5.56 Å². The van der Waals surface area contributed by atoms with E-state index in [4.69, 9.17) is 16.3 Å². The van der Waals surface area contributed by atoms with Crippen molar-refractivity contribution in [1.29, 1.82) is 0 Å². The van der Waals surface area contributed by atoms with Crippen molar-refractivity contribution in [3.05, 3.63) is 41.0 Å². The molecule has 0 aliphatic carbocycles. The molecule has 2 N–H and O–H groups in total. The molecule has 0 spiro atoms. The lowest BCUT2D eigenvalue weighted by Gasteiger charge is -2.07. The molecule has 0 bridgehead atoms. The van der Waals surface area contributed by atoms with Gasteiger partial charge in [-0.05, 0) is 19.1 Å². The molecule has 0 radical (unpaired) electrons. The predicted molar refractivity (Wildman–Crippen MR) is 73.5 cm³/mol. The quantitative estimate of drug-likeness (QED) is 0.884. The second-order valence-corrected chi connectivity index (χ2v) is 4.41. The third-order valence-electron chi connectivity index (χ3n) is 2.52. The molecule has 5 nitrogen and oxygen atoms in total. The first-order chi connectivity index (χ1) is 9.16. The van der Waals surface area contributed by atoms with Crippen LogP contribution in [0.25, 0.3) is 0 Å². The Morgan fingerprint density at radius 1 is 1.47 bits per heavy atom. The van der Waals surface area contributed by atoms with Crippen molar-refractivity contribution in [2.45, 2.75) is 13.3 Å². The Morgan fingerprint density at radius 2 is 2.26 bits per heavy atom. The Balaban J connectivity index is 1.79. The molecule has 0 saturated carbocycles. The molecule has 1 aromatic carbocycles. The first kappa shape index (κ1) is 13.4. The normalized spacial score (nSPS) is 10.2. The summed E-state index contributed by atoms with van der Waals surface area (Å²) in [6, 6.07) is 7.16. The summed E-state index contributed by atoms with van der Waals surface area (Å²) >= 11 is 5.94. The molecule has 2 rings (SSSR count). The third kappa shape index (κ3) is 3.72. The molecule has 0 unspecified atom stereocenters. The Labute approximate surface area is 115 Å². The fourth-order valence-electron chi connectivity index (χ4n) is 1.49. The van der Waals surface area contributed by atoms with E-state index in [1.165, 1.54) is 0 Å². The second kappa shape index (κ2) is 6.24. The standard InChI is InChI=1S/C13H14ClN3O2/c1-9-8-15-17-13(9)16-12(18)6-7-19-11-5-3-2-4-10(11)14/h2-5,8H,6-7H2,1H3,(H2,15,16,17,18). The van der Waals surface area contributed by atoms with Crippen LogP contribution in [0.4, 0.5) is 5.82 Å². The van der Waals surface area contributed by atoms with Crippen molar-refractivity contribution in [3.8, 4) is 5.75 Å². The maximum absolute atomic E-state index is 11.7. The highest BCUT2D eigenvalue weighted by molar-refractivity contribution is 6.32. The minimum atomic E-state index is -0.139. The summed E-state index contributed by atoms with van der Waals surface area (Å²) < 4.78 is 5.44. The van der Waals surface area contributed by atoms with E-state index in [2.05, 4.69) is 15.5 Å². The zero-order valence-corrected chi connectivity index (χ0v) is 11.2. The minimum Gasteiger partial charge on any atom is -0.491 e. The van der Waals surface area contributed by atoms with Gasteiger partial charge in [-0.2, -0.15) is 5.10 Å². The van der Waals surface area contributed by atoms with Crippen molar-refractivity contribution < 1.29 is 9.53 Å². The van der Waals surface area contributed by atoms with E-state index in [1.54, 1.807) is 18.3 Å². The van der Waals surface area contributed by atoms with Crippen LogP contribution in [0.1, 0.15) is 12.0 Å². The van der Waals surface area contributed by atoms with E-state index >= 15 is 0 Å². The molecule has 100 valence electrons. The van der Waals surface area contributed by atoms with Gasteiger partial charge in [0.15, 0.2) is 0 Å². The van der Waals surface area contributed by atoms with E-state index in [9.17, 15) is 4.79 Å². The number of halogens is 1. The number of aromatic amines is 1. The molecule has 2 aromatic rings. The molecular formula is C13H14ClN3O2. The summed E-state index contributed by atoms with van der Waals surface area (Å²) in [6.07, 6.45) is 1.89. The fraction of sp³-hybridized carbons (Fsp3) is 0.231. The van der Waals surface area contributed by atoms with Crippen LogP contribution in [-0.4, -0.2) is 22.7 Å². The highest BCUT2D eigenvalue weighted by Gasteiger charge is 2.07. The van der Waals surface area contributed by atoms with Gasteiger partial charge in [-0.25, -0.2) is 0 Å². The number of carbonyl (C=O) groups is 1.